The largest absolute Gasteiger partial charge is 0.481 e. The summed E-state index contributed by atoms with van der Waals surface area (Å²) < 4.78 is 0. The molecule has 0 unspecified atom stereocenters. The van der Waals surface area contributed by atoms with Crippen molar-refractivity contribution in [3.05, 3.63) is 23.2 Å². The van der Waals surface area contributed by atoms with Crippen molar-refractivity contribution < 1.29 is 24.6 Å². The maximum Gasteiger partial charge on any atom is 0.328 e. The summed E-state index contributed by atoms with van der Waals surface area (Å²) in [5, 5.41) is 20.8. The molecule has 1 aromatic rings. The van der Waals surface area contributed by atoms with Crippen LogP contribution in [-0.2, 0) is 20.8 Å². The number of thiazole rings is 1. The number of nitrogens with one attached hydrogen (secondary N) is 1. The van der Waals surface area contributed by atoms with Crippen LogP contribution in [0.5, 0.6) is 0 Å². The van der Waals surface area contributed by atoms with E-state index in [2.05, 4.69) is 10.3 Å². The van der Waals surface area contributed by atoms with Crippen LogP contribution in [0.25, 0.3) is 0 Å². The van der Waals surface area contributed by atoms with Gasteiger partial charge in [0.2, 0.25) is 5.91 Å². The Bertz CT molecular complexity index is 479. The van der Waals surface area contributed by atoms with E-state index < -0.39 is 17.8 Å². The number of hydrogen-bond acceptors (Lipinski definition) is 5. The molecule has 1 heterocycles. The molecule has 0 saturated heterocycles. The topological polar surface area (TPSA) is 117 Å². The minimum Gasteiger partial charge on any atom is -0.481 e. The van der Waals surface area contributed by atoms with Crippen molar-refractivity contribution >= 4 is 34.3 Å². The van der Waals surface area contributed by atoms with Crippen molar-refractivity contribution in [2.75, 3.05) is 5.32 Å². The van der Waals surface area contributed by atoms with Crippen molar-refractivity contribution in [3.8, 4) is 0 Å². The van der Waals surface area contributed by atoms with Gasteiger partial charge in [-0.05, 0) is 0 Å². The first kappa shape index (κ1) is 12.8. The summed E-state index contributed by atoms with van der Waals surface area (Å²) in [5.41, 5.74) is 0.333. The van der Waals surface area contributed by atoms with Gasteiger partial charge in [-0.2, -0.15) is 0 Å². The Balaban J connectivity index is 2.57. The quantitative estimate of drug-likeness (QED) is 0.654. The molecule has 0 aliphatic heterocycles. The first-order chi connectivity index (χ1) is 7.97. The predicted molar refractivity (Wildman–Crippen MR) is 58.9 cm³/mol. The van der Waals surface area contributed by atoms with Crippen molar-refractivity contribution in [2.45, 2.75) is 6.42 Å². The fraction of sp³-hybridized carbons (Fsp3) is 0.111. The van der Waals surface area contributed by atoms with Gasteiger partial charge in [0, 0.05) is 17.5 Å². The molecule has 0 atom stereocenters. The molecule has 0 bridgehead atoms. The van der Waals surface area contributed by atoms with Gasteiger partial charge in [0.05, 0.1) is 12.1 Å². The number of aromatic nitrogens is 1. The maximum absolute atomic E-state index is 11.1. The normalized spacial score (nSPS) is 10.4. The van der Waals surface area contributed by atoms with E-state index in [1.165, 1.54) is 5.38 Å². The van der Waals surface area contributed by atoms with E-state index in [-0.39, 0.29) is 11.6 Å². The lowest BCUT2D eigenvalue weighted by Crippen LogP contribution is -2.08. The number of rotatable bonds is 5. The highest BCUT2D eigenvalue weighted by Crippen LogP contribution is 2.15. The Hall–Kier alpha value is -2.22. The molecule has 0 saturated carbocycles. The number of anilines is 1. The molecule has 0 aliphatic rings. The van der Waals surface area contributed by atoms with Gasteiger partial charge in [0.15, 0.2) is 5.13 Å². The number of hydrogen-bond donors (Lipinski definition) is 3. The number of nitrogens with zero attached hydrogens (tertiary/aromatic N) is 1. The zero-order chi connectivity index (χ0) is 12.8. The lowest BCUT2D eigenvalue weighted by molar-refractivity contribution is -0.136. The highest BCUT2D eigenvalue weighted by Gasteiger charge is 2.07. The number of carbonyl (C=O) groups is 3. The van der Waals surface area contributed by atoms with Gasteiger partial charge in [-0.3, -0.25) is 14.9 Å². The molecule has 8 heteroatoms. The summed E-state index contributed by atoms with van der Waals surface area (Å²) in [6.07, 6.45) is 1.32. The Labute approximate surface area is 99.4 Å². The zero-order valence-electron chi connectivity index (χ0n) is 8.41. The van der Waals surface area contributed by atoms with Crippen LogP contribution in [0.15, 0.2) is 17.5 Å². The highest BCUT2D eigenvalue weighted by atomic mass is 32.1. The Morgan fingerprint density at radius 2 is 2.06 bits per heavy atom. The molecule has 1 amide bonds. The monoisotopic (exact) mass is 256 g/mol. The summed E-state index contributed by atoms with van der Waals surface area (Å²) in [4.78, 5) is 35.5. The van der Waals surface area contributed by atoms with E-state index in [9.17, 15) is 14.4 Å². The Morgan fingerprint density at radius 1 is 1.35 bits per heavy atom. The van der Waals surface area contributed by atoms with Crippen molar-refractivity contribution in [1.29, 1.82) is 0 Å². The second-order valence-corrected chi connectivity index (χ2v) is 3.73. The van der Waals surface area contributed by atoms with E-state index >= 15 is 0 Å². The molecule has 0 spiro atoms. The van der Waals surface area contributed by atoms with Gasteiger partial charge in [-0.25, -0.2) is 9.78 Å². The van der Waals surface area contributed by atoms with Gasteiger partial charge in [-0.15, -0.1) is 11.3 Å². The molecule has 90 valence electrons. The SMILES string of the molecule is O=C(O)C=CC(=O)Nc1nc(CC(=O)O)cs1. The fourth-order valence-electron chi connectivity index (χ4n) is 0.895. The average molecular weight is 256 g/mol. The lowest BCUT2D eigenvalue weighted by Gasteiger charge is -1.94. The molecular weight excluding hydrogens is 248 g/mol. The smallest absolute Gasteiger partial charge is 0.328 e. The van der Waals surface area contributed by atoms with Crippen LogP contribution in [0.2, 0.25) is 0 Å². The van der Waals surface area contributed by atoms with Crippen LogP contribution in [0.1, 0.15) is 5.69 Å². The van der Waals surface area contributed by atoms with Gasteiger partial charge >= 0.3 is 11.9 Å². The molecule has 7 nitrogen and oxygen atoms in total. The Morgan fingerprint density at radius 3 is 2.65 bits per heavy atom. The van der Waals surface area contributed by atoms with Crippen LogP contribution < -0.4 is 5.32 Å². The van der Waals surface area contributed by atoms with Crippen molar-refractivity contribution in [2.24, 2.45) is 0 Å². The van der Waals surface area contributed by atoms with Crippen LogP contribution in [0.3, 0.4) is 0 Å². The van der Waals surface area contributed by atoms with E-state index in [1.54, 1.807) is 0 Å². The minimum absolute atomic E-state index is 0.223. The Kier molecular flexibility index (Phi) is 4.35. The summed E-state index contributed by atoms with van der Waals surface area (Å²) in [7, 11) is 0. The molecular formula is C9H8N2O5S. The summed E-state index contributed by atoms with van der Waals surface area (Å²) >= 11 is 1.07. The van der Waals surface area contributed by atoms with E-state index in [0.29, 0.717) is 11.8 Å². The first-order valence-electron chi connectivity index (χ1n) is 4.35. The van der Waals surface area contributed by atoms with Crippen LogP contribution >= 0.6 is 11.3 Å². The standard InChI is InChI=1S/C9H8N2O5S/c12-6(1-2-7(13)14)11-9-10-5(4-17-9)3-8(15)16/h1-2,4H,3H2,(H,13,14)(H,15,16)(H,10,11,12). The van der Waals surface area contributed by atoms with Gasteiger partial charge in [0.1, 0.15) is 0 Å². The van der Waals surface area contributed by atoms with Gasteiger partial charge in [-0.1, -0.05) is 0 Å². The average Bonchev–Trinajstić information content (AvgIpc) is 2.61. The predicted octanol–water partition coefficient (Wildman–Crippen LogP) is 0.349. The molecule has 1 aromatic heterocycles. The first-order valence-corrected chi connectivity index (χ1v) is 5.23. The number of carbonyl (C=O) groups excluding carboxylic acids is 1. The summed E-state index contributed by atoms with van der Waals surface area (Å²) in [6, 6.07) is 0. The van der Waals surface area contributed by atoms with Crippen LogP contribution in [0, 0.1) is 0 Å². The molecule has 17 heavy (non-hydrogen) atoms. The van der Waals surface area contributed by atoms with Gasteiger partial charge < -0.3 is 10.2 Å². The van der Waals surface area contributed by atoms with E-state index in [4.69, 9.17) is 10.2 Å². The molecule has 0 aliphatic carbocycles. The third-order valence-corrected chi connectivity index (χ3v) is 2.30. The third-order valence-electron chi connectivity index (χ3n) is 1.49. The van der Waals surface area contributed by atoms with E-state index in [0.717, 1.165) is 17.4 Å². The van der Waals surface area contributed by atoms with Gasteiger partial charge in [0.25, 0.3) is 0 Å². The highest BCUT2D eigenvalue weighted by molar-refractivity contribution is 7.14. The van der Waals surface area contributed by atoms with Crippen molar-refractivity contribution in [1.82, 2.24) is 4.98 Å². The third kappa shape index (κ3) is 4.89. The maximum atomic E-state index is 11.1. The summed E-state index contributed by atoms with van der Waals surface area (Å²) in [6.45, 7) is 0. The molecule has 3 N–H and O–H groups in total. The minimum atomic E-state index is -1.23. The zero-order valence-corrected chi connectivity index (χ0v) is 9.23. The molecule has 0 radical (unpaired) electrons. The second-order valence-electron chi connectivity index (χ2n) is 2.88. The fourth-order valence-corrected chi connectivity index (χ4v) is 1.61. The summed E-state index contributed by atoms with van der Waals surface area (Å²) in [5.74, 6) is -2.88. The number of carboxylic acids is 2. The molecule has 1 rings (SSSR count). The molecule has 0 fully saturated rings. The van der Waals surface area contributed by atoms with Crippen molar-refractivity contribution in [3.63, 3.8) is 0 Å². The number of carboxylic acid groups (broad SMARTS) is 2. The number of amides is 1. The van der Waals surface area contributed by atoms with Crippen LogP contribution in [0.4, 0.5) is 5.13 Å². The molecule has 0 aromatic carbocycles. The lowest BCUT2D eigenvalue weighted by atomic mass is 10.3. The van der Waals surface area contributed by atoms with E-state index in [1.807, 2.05) is 0 Å². The van der Waals surface area contributed by atoms with Crippen LogP contribution in [-0.4, -0.2) is 33.0 Å². The number of aliphatic carboxylic acids is 2. The second kappa shape index (κ2) is 5.75.